The highest BCUT2D eigenvalue weighted by Gasteiger charge is 2.14. The molecule has 0 atom stereocenters. The maximum absolute atomic E-state index is 10.5. The van der Waals surface area contributed by atoms with Gasteiger partial charge in [-0.15, -0.1) is 0 Å². The van der Waals surface area contributed by atoms with Gasteiger partial charge in [-0.25, -0.2) is 0 Å². The minimum atomic E-state index is 0.104. The van der Waals surface area contributed by atoms with Crippen LogP contribution in [0.15, 0.2) is 28.8 Å². The zero-order valence-corrected chi connectivity index (χ0v) is 9.19. The first-order valence-electron chi connectivity index (χ1n) is 4.51. The fraction of sp³-hybridized carbons (Fsp3) is 0.0909. The number of benzene rings is 1. The number of halogens is 1. The summed E-state index contributed by atoms with van der Waals surface area (Å²) in [5.74, 6) is 1.11. The minimum Gasteiger partial charge on any atom is -0.497 e. The first-order valence-corrected chi connectivity index (χ1v) is 4.89. The van der Waals surface area contributed by atoms with E-state index in [0.29, 0.717) is 12.0 Å². The van der Waals surface area contributed by atoms with Crippen LogP contribution in [-0.2, 0) is 0 Å². The van der Waals surface area contributed by atoms with Crippen molar-refractivity contribution in [1.82, 2.24) is 5.16 Å². The van der Waals surface area contributed by atoms with Crippen molar-refractivity contribution in [2.75, 3.05) is 7.11 Å². The number of rotatable bonds is 3. The van der Waals surface area contributed by atoms with Gasteiger partial charge in [0.1, 0.15) is 10.8 Å². The van der Waals surface area contributed by atoms with Crippen LogP contribution in [0.2, 0.25) is 5.02 Å². The topological polar surface area (TPSA) is 52.3 Å². The molecule has 5 heteroatoms. The van der Waals surface area contributed by atoms with Crippen molar-refractivity contribution in [2.24, 2.45) is 0 Å². The van der Waals surface area contributed by atoms with Gasteiger partial charge in [0.25, 0.3) is 0 Å². The Bertz CT molecular complexity index is 504. The van der Waals surface area contributed by atoms with Gasteiger partial charge in [-0.1, -0.05) is 16.8 Å². The Morgan fingerprint density at radius 1 is 1.38 bits per heavy atom. The molecule has 0 radical (unpaired) electrons. The van der Waals surface area contributed by atoms with Crippen LogP contribution in [0, 0.1) is 0 Å². The first-order chi connectivity index (χ1) is 7.76. The number of aromatic nitrogens is 1. The van der Waals surface area contributed by atoms with Gasteiger partial charge in [0.15, 0.2) is 17.7 Å². The lowest BCUT2D eigenvalue weighted by Crippen LogP contribution is -1.82. The molecular weight excluding hydrogens is 230 g/mol. The van der Waals surface area contributed by atoms with Crippen LogP contribution < -0.4 is 4.74 Å². The molecule has 0 bridgehead atoms. The van der Waals surface area contributed by atoms with E-state index in [2.05, 4.69) is 5.16 Å². The smallest absolute Gasteiger partial charge is 0.186 e. The van der Waals surface area contributed by atoms with E-state index in [1.165, 1.54) is 0 Å². The molecule has 0 fully saturated rings. The summed E-state index contributed by atoms with van der Waals surface area (Å²) in [4.78, 5) is 10.5. The van der Waals surface area contributed by atoms with Gasteiger partial charge in [-0.3, -0.25) is 4.79 Å². The maximum atomic E-state index is 10.5. The van der Waals surface area contributed by atoms with E-state index in [-0.39, 0.29) is 10.7 Å². The number of carbonyl (C=O) groups excluding carboxylic acids is 1. The third-order valence-corrected chi connectivity index (χ3v) is 2.49. The minimum absolute atomic E-state index is 0.104. The molecular formula is C11H8ClNO3. The quantitative estimate of drug-likeness (QED) is 0.771. The fourth-order valence-corrected chi connectivity index (χ4v) is 1.51. The Balaban J connectivity index is 2.42. The maximum Gasteiger partial charge on any atom is 0.186 e. The SMILES string of the molecule is COc1ccc(-c2onc(C=O)c2Cl)cc1. The number of carbonyl (C=O) groups is 1. The van der Waals surface area contributed by atoms with Crippen LogP contribution in [0.25, 0.3) is 11.3 Å². The molecule has 0 saturated heterocycles. The number of ether oxygens (including phenoxy) is 1. The normalized spacial score (nSPS) is 10.1. The van der Waals surface area contributed by atoms with Crippen molar-refractivity contribution >= 4 is 17.9 Å². The largest absolute Gasteiger partial charge is 0.497 e. The summed E-state index contributed by atoms with van der Waals surface area (Å²) in [6, 6.07) is 7.10. The molecule has 82 valence electrons. The van der Waals surface area contributed by atoms with Crippen LogP contribution in [0.1, 0.15) is 10.5 Å². The first kappa shape index (κ1) is 10.7. The van der Waals surface area contributed by atoms with Crippen molar-refractivity contribution in [1.29, 1.82) is 0 Å². The number of hydrogen-bond donors (Lipinski definition) is 0. The highest BCUT2D eigenvalue weighted by Crippen LogP contribution is 2.30. The highest BCUT2D eigenvalue weighted by atomic mass is 35.5. The fourth-order valence-electron chi connectivity index (χ4n) is 1.29. The lowest BCUT2D eigenvalue weighted by molar-refractivity contribution is 0.111. The van der Waals surface area contributed by atoms with E-state index < -0.39 is 0 Å². The van der Waals surface area contributed by atoms with Gasteiger partial charge in [0.05, 0.1) is 7.11 Å². The summed E-state index contributed by atoms with van der Waals surface area (Å²) in [5, 5.41) is 3.77. The molecule has 0 unspecified atom stereocenters. The van der Waals surface area contributed by atoms with Gasteiger partial charge in [0, 0.05) is 5.56 Å². The second-order valence-corrected chi connectivity index (χ2v) is 3.44. The standard InChI is InChI=1S/C11H8ClNO3/c1-15-8-4-2-7(3-5-8)11-10(12)9(6-14)13-16-11/h2-6H,1H3. The zero-order chi connectivity index (χ0) is 11.5. The van der Waals surface area contributed by atoms with Gasteiger partial charge in [-0.2, -0.15) is 0 Å². The molecule has 0 saturated carbocycles. The third kappa shape index (κ3) is 1.79. The molecule has 1 aromatic carbocycles. The van der Waals surface area contributed by atoms with Gasteiger partial charge in [0.2, 0.25) is 0 Å². The lowest BCUT2D eigenvalue weighted by Gasteiger charge is -2.00. The van der Waals surface area contributed by atoms with E-state index in [4.69, 9.17) is 20.9 Å². The Morgan fingerprint density at radius 2 is 2.06 bits per heavy atom. The Labute approximate surface area is 96.8 Å². The van der Waals surface area contributed by atoms with Gasteiger partial charge < -0.3 is 9.26 Å². The number of nitrogens with zero attached hydrogens (tertiary/aromatic N) is 1. The molecule has 1 aromatic heterocycles. The third-order valence-electron chi connectivity index (χ3n) is 2.12. The molecule has 0 aliphatic carbocycles. The zero-order valence-electron chi connectivity index (χ0n) is 8.44. The molecule has 16 heavy (non-hydrogen) atoms. The Kier molecular flexibility index (Phi) is 2.92. The number of aldehydes is 1. The van der Waals surface area contributed by atoms with Gasteiger partial charge >= 0.3 is 0 Å². The Hall–Kier alpha value is -1.81. The number of hydrogen-bond acceptors (Lipinski definition) is 4. The van der Waals surface area contributed by atoms with E-state index in [9.17, 15) is 4.79 Å². The van der Waals surface area contributed by atoms with E-state index >= 15 is 0 Å². The molecule has 0 spiro atoms. The van der Waals surface area contributed by atoms with Crippen LogP contribution in [0.5, 0.6) is 5.75 Å². The van der Waals surface area contributed by atoms with Crippen LogP contribution in [-0.4, -0.2) is 18.6 Å². The summed E-state index contributed by atoms with van der Waals surface area (Å²) < 4.78 is 10.0. The van der Waals surface area contributed by atoms with Crippen molar-refractivity contribution in [2.45, 2.75) is 0 Å². The molecule has 4 nitrogen and oxygen atoms in total. The summed E-state index contributed by atoms with van der Waals surface area (Å²) in [7, 11) is 1.58. The van der Waals surface area contributed by atoms with E-state index in [0.717, 1.165) is 11.3 Å². The molecule has 0 aliphatic rings. The lowest BCUT2D eigenvalue weighted by atomic mass is 10.1. The van der Waals surface area contributed by atoms with Crippen LogP contribution in [0.3, 0.4) is 0 Å². The summed E-state index contributed by atoms with van der Waals surface area (Å²) in [6.07, 6.45) is 0.554. The predicted molar refractivity (Wildman–Crippen MR) is 58.9 cm³/mol. The summed E-state index contributed by atoms with van der Waals surface area (Å²) >= 11 is 5.91. The van der Waals surface area contributed by atoms with E-state index in [1.807, 2.05) is 0 Å². The van der Waals surface area contributed by atoms with Crippen molar-refractivity contribution in [3.05, 3.63) is 35.0 Å². The second kappa shape index (κ2) is 4.37. The second-order valence-electron chi connectivity index (χ2n) is 3.06. The molecule has 0 N–H and O–H groups in total. The summed E-state index contributed by atoms with van der Waals surface area (Å²) in [6.45, 7) is 0. The molecule has 1 heterocycles. The van der Waals surface area contributed by atoms with Crippen molar-refractivity contribution < 1.29 is 14.1 Å². The Morgan fingerprint density at radius 3 is 2.56 bits per heavy atom. The number of methoxy groups -OCH3 is 1. The monoisotopic (exact) mass is 237 g/mol. The average Bonchev–Trinajstić information content (AvgIpc) is 2.70. The van der Waals surface area contributed by atoms with Crippen molar-refractivity contribution in [3.63, 3.8) is 0 Å². The molecule has 0 amide bonds. The molecule has 2 aromatic rings. The van der Waals surface area contributed by atoms with E-state index in [1.54, 1.807) is 31.4 Å². The highest BCUT2D eigenvalue weighted by molar-refractivity contribution is 6.35. The predicted octanol–water partition coefficient (Wildman–Crippen LogP) is 2.82. The van der Waals surface area contributed by atoms with Gasteiger partial charge in [-0.05, 0) is 24.3 Å². The summed E-state index contributed by atoms with van der Waals surface area (Å²) in [5.41, 5.74) is 0.846. The molecule has 0 aliphatic heterocycles. The van der Waals surface area contributed by atoms with Crippen LogP contribution in [0.4, 0.5) is 0 Å². The molecule has 2 rings (SSSR count). The van der Waals surface area contributed by atoms with Crippen LogP contribution >= 0.6 is 11.6 Å². The average molecular weight is 238 g/mol. The van der Waals surface area contributed by atoms with Crippen molar-refractivity contribution in [3.8, 4) is 17.1 Å².